The van der Waals surface area contributed by atoms with Crippen molar-refractivity contribution in [1.82, 2.24) is 4.31 Å². The Labute approximate surface area is 155 Å². The van der Waals surface area contributed by atoms with Gasteiger partial charge < -0.3 is 4.90 Å². The van der Waals surface area contributed by atoms with E-state index in [1.807, 2.05) is 0 Å². The molecule has 0 atom stereocenters. The second-order valence-corrected chi connectivity index (χ2v) is 8.97. The van der Waals surface area contributed by atoms with E-state index in [2.05, 4.69) is 37.8 Å². The van der Waals surface area contributed by atoms with Crippen LogP contribution in [0.1, 0.15) is 16.7 Å². The van der Waals surface area contributed by atoms with Gasteiger partial charge in [0.1, 0.15) is 0 Å². The maximum atomic E-state index is 12.8. The first-order valence-corrected chi connectivity index (χ1v) is 10.2. The highest BCUT2D eigenvalue weighted by atomic mass is 35.5. The predicted octanol–water partition coefficient (Wildman–Crippen LogP) is 3.78. The molecule has 0 N–H and O–H groups in total. The second kappa shape index (κ2) is 6.98. The zero-order chi connectivity index (χ0) is 18.2. The summed E-state index contributed by atoms with van der Waals surface area (Å²) in [6.45, 7) is 8.65. The molecule has 0 aromatic heterocycles. The van der Waals surface area contributed by atoms with Crippen LogP contribution in [-0.4, -0.2) is 38.9 Å². The summed E-state index contributed by atoms with van der Waals surface area (Å²) in [7, 11) is -3.49. The number of anilines is 1. The van der Waals surface area contributed by atoms with E-state index in [9.17, 15) is 8.42 Å². The lowest BCUT2D eigenvalue weighted by molar-refractivity contribution is 0.384. The Kier molecular flexibility index (Phi) is 5.09. The highest BCUT2D eigenvalue weighted by molar-refractivity contribution is 7.89. The smallest absolute Gasteiger partial charge is 0.243 e. The minimum absolute atomic E-state index is 0.260. The van der Waals surface area contributed by atoms with Crippen molar-refractivity contribution in [2.24, 2.45) is 0 Å². The van der Waals surface area contributed by atoms with E-state index < -0.39 is 10.0 Å². The number of hydrogen-bond donors (Lipinski definition) is 0. The maximum Gasteiger partial charge on any atom is 0.243 e. The average molecular weight is 379 g/mol. The molecule has 6 heteroatoms. The molecule has 0 unspecified atom stereocenters. The molecule has 1 heterocycles. The summed E-state index contributed by atoms with van der Waals surface area (Å²) < 4.78 is 27.2. The van der Waals surface area contributed by atoms with Crippen molar-refractivity contribution in [2.45, 2.75) is 25.7 Å². The summed E-state index contributed by atoms with van der Waals surface area (Å²) in [5.41, 5.74) is 4.96. The van der Waals surface area contributed by atoms with Crippen LogP contribution in [0.3, 0.4) is 0 Å². The first-order chi connectivity index (χ1) is 11.8. The van der Waals surface area contributed by atoms with E-state index in [0.717, 1.165) is 0 Å². The number of halogens is 1. The molecule has 0 bridgehead atoms. The highest BCUT2D eigenvalue weighted by Gasteiger charge is 2.29. The Morgan fingerprint density at radius 1 is 0.920 bits per heavy atom. The quantitative estimate of drug-likeness (QED) is 0.816. The van der Waals surface area contributed by atoms with Crippen LogP contribution in [0.5, 0.6) is 0 Å². The largest absolute Gasteiger partial charge is 0.368 e. The van der Waals surface area contributed by atoms with Crippen molar-refractivity contribution in [3.8, 4) is 0 Å². The lowest BCUT2D eigenvalue weighted by Crippen LogP contribution is -2.49. The van der Waals surface area contributed by atoms with Gasteiger partial charge in [-0.3, -0.25) is 0 Å². The van der Waals surface area contributed by atoms with Gasteiger partial charge in [-0.05, 0) is 50.1 Å². The summed E-state index contributed by atoms with van der Waals surface area (Å²) in [5, 5.41) is 0.436. The van der Waals surface area contributed by atoms with Crippen molar-refractivity contribution in [3.63, 3.8) is 0 Å². The van der Waals surface area contributed by atoms with Crippen molar-refractivity contribution in [3.05, 3.63) is 58.1 Å². The van der Waals surface area contributed by atoms with E-state index in [-0.39, 0.29) is 4.90 Å². The van der Waals surface area contributed by atoms with Gasteiger partial charge in [0.05, 0.1) is 4.90 Å². The van der Waals surface area contributed by atoms with Gasteiger partial charge in [0, 0.05) is 36.9 Å². The Bertz CT molecular complexity index is 865. The molecule has 0 amide bonds. The minimum Gasteiger partial charge on any atom is -0.368 e. The van der Waals surface area contributed by atoms with Crippen molar-refractivity contribution in [2.75, 3.05) is 31.1 Å². The molecule has 134 valence electrons. The fraction of sp³-hybridized carbons (Fsp3) is 0.368. The molecule has 4 nitrogen and oxygen atoms in total. The fourth-order valence-corrected chi connectivity index (χ4v) is 5.32. The third-order valence-electron chi connectivity index (χ3n) is 4.62. The van der Waals surface area contributed by atoms with E-state index in [4.69, 9.17) is 11.6 Å². The van der Waals surface area contributed by atoms with Crippen LogP contribution < -0.4 is 4.90 Å². The molecule has 25 heavy (non-hydrogen) atoms. The van der Waals surface area contributed by atoms with E-state index in [0.29, 0.717) is 31.2 Å². The topological polar surface area (TPSA) is 40.6 Å². The molecule has 1 fully saturated rings. The minimum atomic E-state index is -3.49. The molecular weight excluding hydrogens is 356 g/mol. The first kappa shape index (κ1) is 18.2. The molecule has 0 radical (unpaired) electrons. The highest BCUT2D eigenvalue weighted by Crippen LogP contribution is 2.28. The van der Waals surface area contributed by atoms with Crippen molar-refractivity contribution >= 4 is 27.3 Å². The number of rotatable bonds is 3. The van der Waals surface area contributed by atoms with E-state index >= 15 is 0 Å². The third-order valence-corrected chi connectivity index (χ3v) is 6.75. The lowest BCUT2D eigenvalue weighted by atomic mass is 10.0. The fourth-order valence-electron chi connectivity index (χ4n) is 3.60. The average Bonchev–Trinajstić information content (AvgIpc) is 2.54. The van der Waals surface area contributed by atoms with Crippen LogP contribution in [0.15, 0.2) is 41.3 Å². The molecule has 2 aromatic carbocycles. The molecule has 0 saturated carbocycles. The summed E-state index contributed by atoms with van der Waals surface area (Å²) in [6.07, 6.45) is 0. The molecule has 0 spiro atoms. The first-order valence-electron chi connectivity index (χ1n) is 8.37. The van der Waals surface area contributed by atoms with Crippen LogP contribution in [0, 0.1) is 20.8 Å². The maximum absolute atomic E-state index is 12.8. The van der Waals surface area contributed by atoms with Gasteiger partial charge in [0.25, 0.3) is 0 Å². The van der Waals surface area contributed by atoms with Crippen LogP contribution in [0.2, 0.25) is 5.02 Å². The number of sulfonamides is 1. The summed E-state index contributed by atoms with van der Waals surface area (Å²) >= 11 is 5.95. The van der Waals surface area contributed by atoms with Gasteiger partial charge in [-0.15, -0.1) is 0 Å². The zero-order valence-corrected chi connectivity index (χ0v) is 16.4. The Morgan fingerprint density at radius 2 is 1.52 bits per heavy atom. The van der Waals surface area contributed by atoms with Gasteiger partial charge in [-0.1, -0.05) is 35.4 Å². The van der Waals surface area contributed by atoms with Gasteiger partial charge in [0.15, 0.2) is 0 Å². The van der Waals surface area contributed by atoms with Crippen molar-refractivity contribution in [1.29, 1.82) is 0 Å². The molecule has 1 aliphatic heterocycles. The van der Waals surface area contributed by atoms with Crippen LogP contribution in [-0.2, 0) is 10.0 Å². The normalized spacial score (nSPS) is 16.2. The Morgan fingerprint density at radius 3 is 2.08 bits per heavy atom. The van der Waals surface area contributed by atoms with Crippen LogP contribution in [0.4, 0.5) is 5.69 Å². The number of aryl methyl sites for hydroxylation is 3. The molecule has 2 aromatic rings. The number of piperazine rings is 1. The van der Waals surface area contributed by atoms with E-state index in [1.165, 1.54) is 28.4 Å². The van der Waals surface area contributed by atoms with Crippen molar-refractivity contribution < 1.29 is 8.42 Å². The molecule has 3 rings (SSSR count). The SMILES string of the molecule is Cc1cc(C)c(N2CCN(S(=O)(=O)c3cccc(Cl)c3)CC2)c(C)c1. The van der Waals surface area contributed by atoms with Gasteiger partial charge >= 0.3 is 0 Å². The number of nitrogens with zero attached hydrogens (tertiary/aromatic N) is 2. The van der Waals surface area contributed by atoms with Crippen LogP contribution in [0.25, 0.3) is 0 Å². The summed E-state index contributed by atoms with van der Waals surface area (Å²) in [5.74, 6) is 0. The van der Waals surface area contributed by atoms with Gasteiger partial charge in [-0.2, -0.15) is 4.31 Å². The summed E-state index contributed by atoms with van der Waals surface area (Å²) in [4.78, 5) is 2.55. The number of hydrogen-bond acceptors (Lipinski definition) is 3. The van der Waals surface area contributed by atoms with E-state index in [1.54, 1.807) is 22.5 Å². The monoisotopic (exact) mass is 378 g/mol. The Hall–Kier alpha value is -1.56. The predicted molar refractivity (Wildman–Crippen MR) is 103 cm³/mol. The van der Waals surface area contributed by atoms with Crippen LogP contribution >= 0.6 is 11.6 Å². The molecule has 1 saturated heterocycles. The molecule has 1 aliphatic rings. The number of benzene rings is 2. The molecule has 0 aliphatic carbocycles. The Balaban J connectivity index is 1.78. The third kappa shape index (κ3) is 3.68. The summed E-state index contributed by atoms with van der Waals surface area (Å²) in [6, 6.07) is 10.8. The standard InChI is InChI=1S/C19H23ClN2O2S/c1-14-11-15(2)19(16(3)12-14)21-7-9-22(10-8-21)25(23,24)18-6-4-5-17(20)13-18/h4-6,11-13H,7-10H2,1-3H3. The van der Waals surface area contributed by atoms with Gasteiger partial charge in [-0.25, -0.2) is 8.42 Å². The second-order valence-electron chi connectivity index (χ2n) is 6.60. The zero-order valence-electron chi connectivity index (χ0n) is 14.8. The van der Waals surface area contributed by atoms with Gasteiger partial charge in [0.2, 0.25) is 10.0 Å². The molecular formula is C19H23ClN2O2S. The lowest BCUT2D eigenvalue weighted by Gasteiger charge is -2.37.